The first-order valence-electron chi connectivity index (χ1n) is 7.51. The van der Waals surface area contributed by atoms with E-state index in [9.17, 15) is 0 Å². The number of aryl methyl sites for hydroxylation is 1. The van der Waals surface area contributed by atoms with E-state index in [0.29, 0.717) is 12.1 Å². The van der Waals surface area contributed by atoms with Gasteiger partial charge in [0.05, 0.1) is 12.1 Å². The second-order valence-electron chi connectivity index (χ2n) is 5.88. The van der Waals surface area contributed by atoms with Crippen molar-refractivity contribution in [2.45, 2.75) is 51.8 Å². The van der Waals surface area contributed by atoms with Crippen LogP contribution in [0.3, 0.4) is 0 Å². The molecule has 3 heteroatoms. The Morgan fingerprint density at radius 1 is 1.30 bits per heavy atom. The van der Waals surface area contributed by atoms with Crippen LogP contribution >= 0.6 is 0 Å². The average molecular weight is 273 g/mol. The Bertz CT molecular complexity index is 590. The maximum atomic E-state index is 6.04. The molecule has 1 aliphatic rings. The van der Waals surface area contributed by atoms with Gasteiger partial charge in [-0.15, -0.1) is 0 Å². The first-order chi connectivity index (χ1) is 9.65. The summed E-state index contributed by atoms with van der Waals surface area (Å²) in [6.45, 7) is 7.33. The normalized spacial score (nSPS) is 24.9. The van der Waals surface area contributed by atoms with Gasteiger partial charge >= 0.3 is 0 Å². The number of para-hydroxylation sites is 1. The van der Waals surface area contributed by atoms with Crippen molar-refractivity contribution in [3.63, 3.8) is 0 Å². The molecule has 1 aromatic carbocycles. The highest BCUT2D eigenvalue weighted by Crippen LogP contribution is 2.30. The number of hydrogen-bond acceptors (Lipinski definition) is 3. The van der Waals surface area contributed by atoms with Crippen molar-refractivity contribution in [3.8, 4) is 0 Å². The number of hydrogen-bond donors (Lipinski definition) is 1. The lowest BCUT2D eigenvalue weighted by Gasteiger charge is -2.30. The van der Waals surface area contributed by atoms with Crippen molar-refractivity contribution >= 4 is 11.0 Å². The van der Waals surface area contributed by atoms with Gasteiger partial charge in [-0.05, 0) is 45.2 Å². The van der Waals surface area contributed by atoms with Crippen molar-refractivity contribution in [1.29, 1.82) is 0 Å². The average Bonchev–Trinajstić information content (AvgIpc) is 2.77. The molecule has 0 saturated carbocycles. The lowest BCUT2D eigenvalue weighted by atomic mass is 10.0. The molecule has 3 rings (SSSR count). The van der Waals surface area contributed by atoms with E-state index in [4.69, 9.17) is 9.15 Å². The van der Waals surface area contributed by atoms with Crippen LogP contribution < -0.4 is 5.32 Å². The highest BCUT2D eigenvalue weighted by atomic mass is 16.5. The van der Waals surface area contributed by atoms with Gasteiger partial charge in [0.1, 0.15) is 11.3 Å². The van der Waals surface area contributed by atoms with Crippen LogP contribution in [0, 0.1) is 6.92 Å². The molecular formula is C17H23NO2. The van der Waals surface area contributed by atoms with Crippen LogP contribution in [-0.4, -0.2) is 18.8 Å². The molecule has 1 N–H and O–H groups in total. The van der Waals surface area contributed by atoms with Crippen LogP contribution in [0.1, 0.15) is 44.1 Å². The molecular weight excluding hydrogens is 250 g/mol. The maximum absolute atomic E-state index is 6.04. The van der Waals surface area contributed by atoms with E-state index in [1.54, 1.807) is 0 Å². The summed E-state index contributed by atoms with van der Waals surface area (Å²) in [6.07, 6.45) is 2.50. The number of furan rings is 1. The van der Waals surface area contributed by atoms with Crippen molar-refractivity contribution < 1.29 is 9.15 Å². The lowest BCUT2D eigenvalue weighted by molar-refractivity contribution is 0.0111. The van der Waals surface area contributed by atoms with E-state index in [0.717, 1.165) is 30.8 Å². The van der Waals surface area contributed by atoms with Crippen molar-refractivity contribution in [3.05, 3.63) is 35.6 Å². The summed E-state index contributed by atoms with van der Waals surface area (Å²) in [7, 11) is 0. The SMILES string of the molecule is Cc1c(C(C)NC2CCOC(C)C2)oc2ccccc12. The van der Waals surface area contributed by atoms with Gasteiger partial charge in [-0.3, -0.25) is 0 Å². The van der Waals surface area contributed by atoms with Crippen LogP contribution in [0.4, 0.5) is 0 Å². The summed E-state index contributed by atoms with van der Waals surface area (Å²) in [5.41, 5.74) is 2.23. The predicted octanol–water partition coefficient (Wildman–Crippen LogP) is 3.96. The minimum absolute atomic E-state index is 0.234. The third-order valence-electron chi connectivity index (χ3n) is 4.24. The summed E-state index contributed by atoms with van der Waals surface area (Å²) >= 11 is 0. The number of nitrogens with one attached hydrogen (secondary N) is 1. The number of benzene rings is 1. The Hall–Kier alpha value is -1.32. The molecule has 3 unspecified atom stereocenters. The predicted molar refractivity (Wildman–Crippen MR) is 80.9 cm³/mol. The van der Waals surface area contributed by atoms with E-state index >= 15 is 0 Å². The zero-order valence-corrected chi connectivity index (χ0v) is 12.5. The van der Waals surface area contributed by atoms with Crippen molar-refractivity contribution in [2.24, 2.45) is 0 Å². The van der Waals surface area contributed by atoms with E-state index < -0.39 is 0 Å². The van der Waals surface area contributed by atoms with Crippen LogP contribution in [-0.2, 0) is 4.74 Å². The monoisotopic (exact) mass is 273 g/mol. The second-order valence-corrected chi connectivity index (χ2v) is 5.88. The fraction of sp³-hybridized carbons (Fsp3) is 0.529. The highest BCUT2D eigenvalue weighted by Gasteiger charge is 2.23. The topological polar surface area (TPSA) is 34.4 Å². The lowest BCUT2D eigenvalue weighted by Crippen LogP contribution is -2.39. The van der Waals surface area contributed by atoms with E-state index in [1.165, 1.54) is 10.9 Å². The van der Waals surface area contributed by atoms with Gasteiger partial charge in [0, 0.05) is 18.0 Å². The van der Waals surface area contributed by atoms with E-state index in [2.05, 4.69) is 38.2 Å². The first-order valence-corrected chi connectivity index (χ1v) is 7.51. The van der Waals surface area contributed by atoms with Gasteiger partial charge in [0.2, 0.25) is 0 Å². The second kappa shape index (κ2) is 5.58. The summed E-state index contributed by atoms with van der Waals surface area (Å²) in [6, 6.07) is 9.00. The molecule has 0 aliphatic carbocycles. The van der Waals surface area contributed by atoms with Crippen LogP contribution in [0.15, 0.2) is 28.7 Å². The standard InChI is InChI=1S/C17H23NO2/c1-11-10-14(8-9-19-11)18-13(3)17-12(2)15-6-4-5-7-16(15)20-17/h4-7,11,13-14,18H,8-10H2,1-3H3. The van der Waals surface area contributed by atoms with E-state index in [-0.39, 0.29) is 6.04 Å². The highest BCUT2D eigenvalue weighted by molar-refractivity contribution is 5.82. The molecule has 108 valence electrons. The smallest absolute Gasteiger partial charge is 0.134 e. The third kappa shape index (κ3) is 2.60. The summed E-state index contributed by atoms with van der Waals surface area (Å²) in [5, 5.41) is 4.91. The van der Waals surface area contributed by atoms with Gasteiger partial charge in [0.25, 0.3) is 0 Å². The van der Waals surface area contributed by atoms with Gasteiger partial charge < -0.3 is 14.5 Å². The van der Waals surface area contributed by atoms with Gasteiger partial charge in [0.15, 0.2) is 0 Å². The van der Waals surface area contributed by atoms with Crippen molar-refractivity contribution in [2.75, 3.05) is 6.61 Å². The first kappa shape index (κ1) is 13.7. The van der Waals surface area contributed by atoms with Gasteiger partial charge in [-0.2, -0.15) is 0 Å². The quantitative estimate of drug-likeness (QED) is 0.919. The third-order valence-corrected chi connectivity index (χ3v) is 4.24. The molecule has 0 radical (unpaired) electrons. The van der Waals surface area contributed by atoms with Gasteiger partial charge in [-0.25, -0.2) is 0 Å². The van der Waals surface area contributed by atoms with Crippen molar-refractivity contribution in [1.82, 2.24) is 5.32 Å². The molecule has 1 aliphatic heterocycles. The Balaban J connectivity index is 1.78. The largest absolute Gasteiger partial charge is 0.459 e. The molecule has 3 nitrogen and oxygen atoms in total. The molecule has 0 spiro atoms. The summed E-state index contributed by atoms with van der Waals surface area (Å²) in [4.78, 5) is 0. The molecule has 1 aromatic heterocycles. The van der Waals surface area contributed by atoms with Crippen LogP contribution in [0.2, 0.25) is 0 Å². The van der Waals surface area contributed by atoms with Gasteiger partial charge in [-0.1, -0.05) is 18.2 Å². The molecule has 0 bridgehead atoms. The Morgan fingerprint density at radius 3 is 2.85 bits per heavy atom. The molecule has 1 fully saturated rings. The number of fused-ring (bicyclic) bond motifs is 1. The Labute approximate surface area is 120 Å². The zero-order chi connectivity index (χ0) is 14.1. The van der Waals surface area contributed by atoms with Crippen LogP contribution in [0.25, 0.3) is 11.0 Å². The van der Waals surface area contributed by atoms with Crippen LogP contribution in [0.5, 0.6) is 0 Å². The zero-order valence-electron chi connectivity index (χ0n) is 12.5. The Kier molecular flexibility index (Phi) is 3.81. The molecule has 20 heavy (non-hydrogen) atoms. The fourth-order valence-corrected chi connectivity index (χ4v) is 3.18. The van der Waals surface area contributed by atoms with E-state index in [1.807, 2.05) is 12.1 Å². The molecule has 2 aromatic rings. The minimum Gasteiger partial charge on any atom is -0.459 e. The Morgan fingerprint density at radius 2 is 2.10 bits per heavy atom. The summed E-state index contributed by atoms with van der Waals surface area (Å²) in [5.74, 6) is 1.06. The minimum atomic E-state index is 0.234. The molecule has 1 saturated heterocycles. The summed E-state index contributed by atoms with van der Waals surface area (Å²) < 4.78 is 11.6. The maximum Gasteiger partial charge on any atom is 0.134 e. The fourth-order valence-electron chi connectivity index (χ4n) is 3.18. The molecule has 0 amide bonds. The number of ether oxygens (including phenoxy) is 1. The molecule has 3 atom stereocenters. The number of rotatable bonds is 3. The molecule has 2 heterocycles.